The Morgan fingerprint density at radius 2 is 2.56 bits per heavy atom. The fraction of sp³-hybridized carbons (Fsp3) is 0.400. The molecule has 1 aliphatic heterocycles. The van der Waals surface area contributed by atoms with Gasteiger partial charge < -0.3 is 5.73 Å². The predicted octanol–water partition coefficient (Wildman–Crippen LogP) is 0.315. The summed E-state index contributed by atoms with van der Waals surface area (Å²) >= 11 is 0. The van der Waals surface area contributed by atoms with Crippen molar-refractivity contribution >= 4 is 16.0 Å². The van der Waals surface area contributed by atoms with Crippen molar-refractivity contribution in [3.63, 3.8) is 0 Å². The lowest BCUT2D eigenvalue weighted by Crippen LogP contribution is -2.15. The van der Waals surface area contributed by atoms with Gasteiger partial charge in [-0.3, -0.25) is 0 Å². The number of nitrogens with zero attached hydrogens (tertiary/aromatic N) is 1. The van der Waals surface area contributed by atoms with Crippen molar-refractivity contribution in [3.05, 3.63) is 11.1 Å². The van der Waals surface area contributed by atoms with Crippen LogP contribution in [0.5, 0.6) is 0 Å². The predicted molar refractivity (Wildman–Crippen MR) is 38.1 cm³/mol. The van der Waals surface area contributed by atoms with Crippen LogP contribution in [-0.4, -0.2) is 9.38 Å². The Morgan fingerprint density at radius 3 is 2.78 bits per heavy atom. The van der Waals surface area contributed by atoms with E-state index in [0.717, 1.165) is 11.3 Å². The van der Waals surface area contributed by atoms with Crippen LogP contribution in [0.15, 0.2) is 16.1 Å². The molecule has 0 aliphatic carbocycles. The van der Waals surface area contributed by atoms with Crippen molar-refractivity contribution in [1.82, 2.24) is 0 Å². The standard InChI is InChI=1S/C5H8N2OS/c1-2-4-3-7-5(6)9(4)8/h3H,2H2,1H3,(H2,6,7). The molecule has 1 atom stereocenters. The molecule has 0 saturated carbocycles. The van der Waals surface area contributed by atoms with Gasteiger partial charge in [0, 0.05) is 11.1 Å². The van der Waals surface area contributed by atoms with E-state index in [0.29, 0.717) is 0 Å². The fourth-order valence-electron chi connectivity index (χ4n) is 0.588. The normalized spacial score (nSPS) is 25.7. The number of amidine groups is 1. The highest BCUT2D eigenvalue weighted by molar-refractivity contribution is 8.04. The molecular formula is C5H8N2OS. The van der Waals surface area contributed by atoms with Crippen LogP contribution in [0.3, 0.4) is 0 Å². The number of nitrogens with two attached hydrogens (primary N) is 1. The Bertz CT molecular complexity index is 207. The smallest absolute Gasteiger partial charge is 0.194 e. The second kappa shape index (κ2) is 2.31. The maximum absolute atomic E-state index is 10.9. The van der Waals surface area contributed by atoms with Gasteiger partial charge >= 0.3 is 0 Å². The molecule has 0 bridgehead atoms. The van der Waals surface area contributed by atoms with Crippen molar-refractivity contribution in [2.45, 2.75) is 13.3 Å². The quantitative estimate of drug-likeness (QED) is 0.576. The van der Waals surface area contributed by atoms with Gasteiger partial charge in [-0.1, -0.05) is 6.92 Å². The molecule has 1 unspecified atom stereocenters. The lowest BCUT2D eigenvalue weighted by molar-refractivity contribution is 0.692. The zero-order valence-corrected chi connectivity index (χ0v) is 5.94. The third-order valence-electron chi connectivity index (χ3n) is 1.11. The summed E-state index contributed by atoms with van der Waals surface area (Å²) in [5.74, 6) is 0. The first-order chi connectivity index (χ1) is 4.25. The molecule has 0 aromatic rings. The summed E-state index contributed by atoms with van der Waals surface area (Å²) < 4.78 is 10.9. The van der Waals surface area contributed by atoms with Crippen LogP contribution in [0.25, 0.3) is 0 Å². The van der Waals surface area contributed by atoms with Crippen LogP contribution in [0.1, 0.15) is 13.3 Å². The Hall–Kier alpha value is -0.640. The molecule has 0 spiro atoms. The van der Waals surface area contributed by atoms with Crippen molar-refractivity contribution < 1.29 is 4.21 Å². The van der Waals surface area contributed by atoms with Gasteiger partial charge in [0.25, 0.3) is 0 Å². The van der Waals surface area contributed by atoms with Gasteiger partial charge in [0.05, 0.1) is 0 Å². The molecule has 0 saturated heterocycles. The van der Waals surface area contributed by atoms with E-state index in [1.165, 1.54) is 0 Å². The van der Waals surface area contributed by atoms with Crippen LogP contribution in [-0.2, 0) is 10.8 Å². The van der Waals surface area contributed by atoms with Crippen molar-refractivity contribution in [2.75, 3.05) is 0 Å². The van der Waals surface area contributed by atoms with Crippen molar-refractivity contribution in [1.29, 1.82) is 0 Å². The molecule has 1 heterocycles. The van der Waals surface area contributed by atoms with E-state index in [9.17, 15) is 4.21 Å². The molecular weight excluding hydrogens is 136 g/mol. The van der Waals surface area contributed by atoms with Gasteiger partial charge in [-0.05, 0) is 6.42 Å². The van der Waals surface area contributed by atoms with E-state index in [2.05, 4.69) is 4.99 Å². The zero-order valence-electron chi connectivity index (χ0n) is 5.13. The minimum atomic E-state index is -1.12. The first kappa shape index (κ1) is 6.48. The molecule has 0 amide bonds. The minimum Gasteiger partial charge on any atom is -0.376 e. The topological polar surface area (TPSA) is 55.4 Å². The second-order valence-corrected chi connectivity index (χ2v) is 3.17. The summed E-state index contributed by atoms with van der Waals surface area (Å²) in [6, 6.07) is 0. The van der Waals surface area contributed by atoms with E-state index < -0.39 is 10.8 Å². The fourth-order valence-corrected chi connectivity index (χ4v) is 1.42. The van der Waals surface area contributed by atoms with Crippen molar-refractivity contribution in [2.24, 2.45) is 10.7 Å². The highest BCUT2D eigenvalue weighted by Crippen LogP contribution is 2.12. The summed E-state index contributed by atoms with van der Waals surface area (Å²) in [5, 5.41) is 0.229. The number of aliphatic imine (C=N–C) groups is 1. The molecule has 4 heteroatoms. The summed E-state index contributed by atoms with van der Waals surface area (Å²) in [6.45, 7) is 1.93. The summed E-state index contributed by atoms with van der Waals surface area (Å²) in [6.07, 6.45) is 2.34. The third-order valence-corrected chi connectivity index (χ3v) is 2.47. The van der Waals surface area contributed by atoms with E-state index in [4.69, 9.17) is 5.73 Å². The first-order valence-electron chi connectivity index (χ1n) is 2.69. The van der Waals surface area contributed by atoms with Crippen molar-refractivity contribution in [3.8, 4) is 0 Å². The second-order valence-electron chi connectivity index (χ2n) is 1.69. The molecule has 9 heavy (non-hydrogen) atoms. The monoisotopic (exact) mass is 144 g/mol. The number of hydrogen-bond donors (Lipinski definition) is 1. The average molecular weight is 144 g/mol. The van der Waals surface area contributed by atoms with Crippen LogP contribution >= 0.6 is 0 Å². The molecule has 0 aromatic carbocycles. The lowest BCUT2D eigenvalue weighted by atomic mass is 10.5. The molecule has 1 aliphatic rings. The van der Waals surface area contributed by atoms with E-state index >= 15 is 0 Å². The summed E-state index contributed by atoms with van der Waals surface area (Å²) in [7, 11) is -1.12. The molecule has 0 aromatic heterocycles. The Morgan fingerprint density at radius 1 is 1.89 bits per heavy atom. The first-order valence-corrected chi connectivity index (χ1v) is 3.84. The minimum absolute atomic E-state index is 0.229. The maximum Gasteiger partial charge on any atom is 0.194 e. The average Bonchev–Trinajstić information content (AvgIpc) is 2.15. The number of rotatable bonds is 1. The molecule has 50 valence electrons. The Balaban J connectivity index is 2.79. The van der Waals surface area contributed by atoms with E-state index in [1.54, 1.807) is 6.20 Å². The highest BCUT2D eigenvalue weighted by Gasteiger charge is 2.14. The lowest BCUT2D eigenvalue weighted by Gasteiger charge is -1.92. The third kappa shape index (κ3) is 1.03. The van der Waals surface area contributed by atoms with Crippen LogP contribution in [0.2, 0.25) is 0 Å². The summed E-state index contributed by atoms with van der Waals surface area (Å²) in [4.78, 5) is 4.51. The Kier molecular flexibility index (Phi) is 1.66. The number of hydrogen-bond acceptors (Lipinski definition) is 3. The largest absolute Gasteiger partial charge is 0.376 e. The molecule has 1 rings (SSSR count). The molecule has 0 fully saturated rings. The van der Waals surface area contributed by atoms with Gasteiger partial charge in [-0.2, -0.15) is 0 Å². The molecule has 2 N–H and O–H groups in total. The van der Waals surface area contributed by atoms with Gasteiger partial charge in [-0.15, -0.1) is 0 Å². The van der Waals surface area contributed by atoms with Gasteiger partial charge in [-0.25, -0.2) is 9.20 Å². The Labute approximate surface area is 56.1 Å². The molecule has 0 radical (unpaired) electrons. The maximum atomic E-state index is 10.9. The van der Waals surface area contributed by atoms with Crippen LogP contribution in [0.4, 0.5) is 0 Å². The van der Waals surface area contributed by atoms with Gasteiger partial charge in [0.15, 0.2) is 5.17 Å². The van der Waals surface area contributed by atoms with Gasteiger partial charge in [0.1, 0.15) is 10.8 Å². The summed E-state index contributed by atoms with van der Waals surface area (Å²) in [5.41, 5.74) is 5.24. The van der Waals surface area contributed by atoms with E-state index in [1.807, 2.05) is 6.92 Å². The zero-order chi connectivity index (χ0) is 6.85. The number of allylic oxidation sites excluding steroid dienone is 1. The SMILES string of the molecule is CCC1=CN=C(N)S1=O. The van der Waals surface area contributed by atoms with Gasteiger partial charge in [0.2, 0.25) is 0 Å². The van der Waals surface area contributed by atoms with Crippen LogP contribution < -0.4 is 5.73 Å². The van der Waals surface area contributed by atoms with Crippen LogP contribution in [0, 0.1) is 0 Å². The highest BCUT2D eigenvalue weighted by atomic mass is 32.2. The molecule has 3 nitrogen and oxygen atoms in total. The van der Waals surface area contributed by atoms with E-state index in [-0.39, 0.29) is 5.17 Å².